The van der Waals surface area contributed by atoms with E-state index in [2.05, 4.69) is 115 Å². The highest BCUT2D eigenvalue weighted by Gasteiger charge is 2.14. The van der Waals surface area contributed by atoms with Crippen LogP contribution in [0.15, 0.2) is 152 Å². The smallest absolute Gasteiger partial charge is 0.164 e. The van der Waals surface area contributed by atoms with Crippen LogP contribution in [0.3, 0.4) is 0 Å². The highest BCUT2D eigenvalue weighted by Crippen LogP contribution is 2.32. The number of hydrogen-bond acceptors (Lipinski definition) is 3. The standard InChI is InChI=1S/C39H25N3/c1-3-9-26(10-4-1)29-16-17-31-24-33(20-18-30(31)23-29)38-40-37(28-12-5-2-6-13-28)41-39(42-38)34-21-22-36-32(25-34)19-15-27-11-7-8-14-35(27)36/h1-25H. The van der Waals surface area contributed by atoms with Gasteiger partial charge in [-0.1, -0.05) is 133 Å². The van der Waals surface area contributed by atoms with E-state index in [0.29, 0.717) is 17.5 Å². The predicted octanol–water partition coefficient (Wildman–Crippen LogP) is 10.00. The molecule has 8 rings (SSSR count). The first-order valence-electron chi connectivity index (χ1n) is 14.1. The van der Waals surface area contributed by atoms with Gasteiger partial charge in [0.1, 0.15) is 0 Å². The van der Waals surface area contributed by atoms with Gasteiger partial charge in [0.05, 0.1) is 0 Å². The number of fused-ring (bicyclic) bond motifs is 4. The molecule has 0 aliphatic carbocycles. The summed E-state index contributed by atoms with van der Waals surface area (Å²) in [5.74, 6) is 1.98. The van der Waals surface area contributed by atoms with Crippen molar-refractivity contribution in [2.75, 3.05) is 0 Å². The van der Waals surface area contributed by atoms with E-state index in [0.717, 1.165) is 27.5 Å². The second-order valence-electron chi connectivity index (χ2n) is 10.5. The third kappa shape index (κ3) is 4.38. The van der Waals surface area contributed by atoms with Gasteiger partial charge in [0.25, 0.3) is 0 Å². The molecule has 0 unspecified atom stereocenters. The highest BCUT2D eigenvalue weighted by atomic mass is 15.0. The van der Waals surface area contributed by atoms with E-state index >= 15 is 0 Å². The third-order valence-corrected chi connectivity index (χ3v) is 7.88. The van der Waals surface area contributed by atoms with Crippen LogP contribution in [0.5, 0.6) is 0 Å². The lowest BCUT2D eigenvalue weighted by atomic mass is 9.99. The van der Waals surface area contributed by atoms with Crippen LogP contribution in [-0.4, -0.2) is 15.0 Å². The first kappa shape index (κ1) is 24.2. The Labute approximate surface area is 243 Å². The summed E-state index contributed by atoms with van der Waals surface area (Å²) in [4.78, 5) is 14.9. The molecule has 42 heavy (non-hydrogen) atoms. The van der Waals surface area contributed by atoms with Crippen LogP contribution in [0.1, 0.15) is 0 Å². The van der Waals surface area contributed by atoms with Crippen molar-refractivity contribution in [3.05, 3.63) is 152 Å². The molecule has 0 aliphatic rings. The molecule has 0 N–H and O–H groups in total. The minimum absolute atomic E-state index is 0.659. The molecule has 0 atom stereocenters. The van der Waals surface area contributed by atoms with Crippen LogP contribution in [-0.2, 0) is 0 Å². The van der Waals surface area contributed by atoms with Gasteiger partial charge in [0.2, 0.25) is 0 Å². The number of benzene rings is 7. The van der Waals surface area contributed by atoms with E-state index in [1.807, 2.05) is 36.4 Å². The van der Waals surface area contributed by atoms with Gasteiger partial charge < -0.3 is 0 Å². The van der Waals surface area contributed by atoms with Gasteiger partial charge >= 0.3 is 0 Å². The summed E-state index contributed by atoms with van der Waals surface area (Å²) in [5, 5.41) is 7.19. The van der Waals surface area contributed by atoms with Gasteiger partial charge in [-0.3, -0.25) is 0 Å². The Morgan fingerprint density at radius 2 is 0.714 bits per heavy atom. The van der Waals surface area contributed by atoms with Crippen molar-refractivity contribution in [2.24, 2.45) is 0 Å². The van der Waals surface area contributed by atoms with Crippen molar-refractivity contribution < 1.29 is 0 Å². The molecule has 0 amide bonds. The van der Waals surface area contributed by atoms with E-state index in [4.69, 9.17) is 15.0 Å². The van der Waals surface area contributed by atoms with Crippen molar-refractivity contribution in [1.82, 2.24) is 15.0 Å². The lowest BCUT2D eigenvalue weighted by molar-refractivity contribution is 1.08. The fourth-order valence-corrected chi connectivity index (χ4v) is 5.70. The van der Waals surface area contributed by atoms with Crippen LogP contribution >= 0.6 is 0 Å². The zero-order valence-electron chi connectivity index (χ0n) is 22.8. The molecule has 0 radical (unpaired) electrons. The van der Waals surface area contributed by atoms with Crippen molar-refractivity contribution in [3.8, 4) is 45.3 Å². The third-order valence-electron chi connectivity index (χ3n) is 7.88. The zero-order valence-corrected chi connectivity index (χ0v) is 22.8. The fraction of sp³-hybridized carbons (Fsp3) is 0. The van der Waals surface area contributed by atoms with Gasteiger partial charge in [-0.25, -0.2) is 15.0 Å². The predicted molar refractivity (Wildman–Crippen MR) is 174 cm³/mol. The van der Waals surface area contributed by atoms with Crippen LogP contribution in [0, 0.1) is 0 Å². The molecule has 3 heteroatoms. The SMILES string of the molecule is c1ccc(-c2ccc3cc(-c4nc(-c5ccccc5)nc(-c5ccc6c(ccc7ccccc76)c5)n4)ccc3c2)cc1. The molecule has 0 aliphatic heterocycles. The maximum Gasteiger partial charge on any atom is 0.164 e. The summed E-state index contributed by atoms with van der Waals surface area (Å²) in [6.45, 7) is 0. The molecule has 1 heterocycles. The normalized spacial score (nSPS) is 11.3. The molecule has 1 aromatic heterocycles. The quantitative estimate of drug-likeness (QED) is 0.211. The van der Waals surface area contributed by atoms with Crippen LogP contribution in [0.25, 0.3) is 77.6 Å². The highest BCUT2D eigenvalue weighted by molar-refractivity contribution is 6.08. The summed E-state index contributed by atoms with van der Waals surface area (Å²) < 4.78 is 0. The Bertz CT molecular complexity index is 2240. The molecule has 0 saturated heterocycles. The lowest BCUT2D eigenvalue weighted by Gasteiger charge is -2.11. The van der Waals surface area contributed by atoms with Crippen LogP contribution < -0.4 is 0 Å². The Morgan fingerprint density at radius 3 is 1.43 bits per heavy atom. The molecular formula is C39H25N3. The minimum Gasteiger partial charge on any atom is -0.208 e. The first-order valence-corrected chi connectivity index (χ1v) is 14.1. The van der Waals surface area contributed by atoms with E-state index < -0.39 is 0 Å². The van der Waals surface area contributed by atoms with E-state index in [-0.39, 0.29) is 0 Å². The molecule has 7 aromatic carbocycles. The lowest BCUT2D eigenvalue weighted by Crippen LogP contribution is -2.00. The summed E-state index contributed by atoms with van der Waals surface area (Å²) in [6, 6.07) is 52.9. The van der Waals surface area contributed by atoms with E-state index in [1.54, 1.807) is 0 Å². The monoisotopic (exact) mass is 535 g/mol. The van der Waals surface area contributed by atoms with E-state index in [9.17, 15) is 0 Å². The number of aromatic nitrogens is 3. The maximum absolute atomic E-state index is 5.02. The fourth-order valence-electron chi connectivity index (χ4n) is 5.70. The van der Waals surface area contributed by atoms with Gasteiger partial charge in [-0.15, -0.1) is 0 Å². The van der Waals surface area contributed by atoms with Gasteiger partial charge in [-0.2, -0.15) is 0 Å². The summed E-state index contributed by atoms with van der Waals surface area (Å²) in [7, 11) is 0. The molecule has 8 aromatic rings. The molecule has 3 nitrogen and oxygen atoms in total. The summed E-state index contributed by atoms with van der Waals surface area (Å²) >= 11 is 0. The number of nitrogens with zero attached hydrogens (tertiary/aromatic N) is 3. The Kier molecular flexibility index (Phi) is 5.79. The van der Waals surface area contributed by atoms with Gasteiger partial charge in [0.15, 0.2) is 17.5 Å². The second-order valence-corrected chi connectivity index (χ2v) is 10.5. The largest absolute Gasteiger partial charge is 0.208 e. The van der Waals surface area contributed by atoms with Crippen molar-refractivity contribution in [2.45, 2.75) is 0 Å². The van der Waals surface area contributed by atoms with Gasteiger partial charge in [0, 0.05) is 16.7 Å². The molecule has 0 bridgehead atoms. The van der Waals surface area contributed by atoms with Crippen LogP contribution in [0.2, 0.25) is 0 Å². The Morgan fingerprint density at radius 1 is 0.262 bits per heavy atom. The number of hydrogen-bond donors (Lipinski definition) is 0. The molecule has 0 spiro atoms. The topological polar surface area (TPSA) is 38.7 Å². The molecule has 196 valence electrons. The van der Waals surface area contributed by atoms with Crippen LogP contribution in [0.4, 0.5) is 0 Å². The minimum atomic E-state index is 0.659. The number of rotatable bonds is 4. The molecule has 0 saturated carbocycles. The zero-order chi connectivity index (χ0) is 27.9. The molecule has 0 fully saturated rings. The Hall–Kier alpha value is -5.67. The Balaban J connectivity index is 1.26. The first-order chi connectivity index (χ1) is 20.8. The average Bonchev–Trinajstić information content (AvgIpc) is 3.08. The molecular weight excluding hydrogens is 510 g/mol. The van der Waals surface area contributed by atoms with E-state index in [1.165, 1.54) is 32.7 Å². The summed E-state index contributed by atoms with van der Waals surface area (Å²) in [6.07, 6.45) is 0. The average molecular weight is 536 g/mol. The van der Waals surface area contributed by atoms with Crippen molar-refractivity contribution in [3.63, 3.8) is 0 Å². The van der Waals surface area contributed by atoms with Crippen molar-refractivity contribution >= 4 is 32.3 Å². The van der Waals surface area contributed by atoms with Crippen molar-refractivity contribution in [1.29, 1.82) is 0 Å². The summed E-state index contributed by atoms with van der Waals surface area (Å²) in [5.41, 5.74) is 5.30. The maximum atomic E-state index is 5.02. The van der Waals surface area contributed by atoms with Gasteiger partial charge in [-0.05, 0) is 61.6 Å². The second kappa shape index (κ2) is 10.1.